The summed E-state index contributed by atoms with van der Waals surface area (Å²) in [6, 6.07) is 8.55. The number of hydrogen-bond acceptors (Lipinski definition) is 4. The van der Waals surface area contributed by atoms with Crippen LogP contribution in [-0.4, -0.2) is 36.2 Å². The Morgan fingerprint density at radius 3 is 2.88 bits per heavy atom. The molecule has 24 heavy (non-hydrogen) atoms. The highest BCUT2D eigenvalue weighted by Crippen LogP contribution is 2.37. The lowest BCUT2D eigenvalue weighted by molar-refractivity contribution is 0.328. The number of aromatic nitrogens is 2. The first-order chi connectivity index (χ1) is 11.4. The van der Waals surface area contributed by atoms with Crippen LogP contribution < -0.4 is 4.90 Å². The molecule has 0 amide bonds. The Morgan fingerprint density at radius 1 is 1.33 bits per heavy atom. The number of anilines is 1. The molecule has 2 aliphatic rings. The van der Waals surface area contributed by atoms with Gasteiger partial charge in [0.25, 0.3) is 0 Å². The fraction of sp³-hybridized carbons (Fsp3) is 0.500. The van der Waals surface area contributed by atoms with Gasteiger partial charge in [0, 0.05) is 36.5 Å². The van der Waals surface area contributed by atoms with Crippen LogP contribution >= 0.6 is 0 Å². The molecule has 5 nitrogen and oxygen atoms in total. The van der Waals surface area contributed by atoms with Crippen molar-refractivity contribution in [2.75, 3.05) is 23.0 Å². The topological polar surface area (TPSA) is 55.2 Å². The van der Waals surface area contributed by atoms with Gasteiger partial charge in [-0.05, 0) is 25.0 Å². The van der Waals surface area contributed by atoms with E-state index < -0.39 is 15.4 Å². The molecule has 0 radical (unpaired) electrons. The predicted octanol–water partition coefficient (Wildman–Crippen LogP) is 2.54. The van der Waals surface area contributed by atoms with Gasteiger partial charge in [-0.2, -0.15) is 5.10 Å². The summed E-state index contributed by atoms with van der Waals surface area (Å²) in [4.78, 5) is 2.38. The number of nitrogens with zero attached hydrogens (tertiary/aromatic N) is 3. The normalized spacial score (nSPS) is 28.2. The van der Waals surface area contributed by atoms with Crippen molar-refractivity contribution in [3.05, 3.63) is 47.8 Å². The minimum Gasteiger partial charge on any atom is -0.366 e. The zero-order valence-electron chi connectivity index (χ0n) is 14.1. The summed E-state index contributed by atoms with van der Waals surface area (Å²) >= 11 is 0. The van der Waals surface area contributed by atoms with Gasteiger partial charge in [0.05, 0.1) is 23.2 Å². The van der Waals surface area contributed by atoms with Crippen molar-refractivity contribution in [1.29, 1.82) is 0 Å². The Labute approximate surface area is 143 Å². The Bertz CT molecular complexity index is 874. The Hall–Kier alpha value is -1.82. The first kappa shape index (κ1) is 15.7. The summed E-state index contributed by atoms with van der Waals surface area (Å²) < 4.78 is 25.5. The maximum Gasteiger partial charge on any atom is 0.152 e. The smallest absolute Gasteiger partial charge is 0.152 e. The van der Waals surface area contributed by atoms with Crippen LogP contribution in [0.1, 0.15) is 37.3 Å². The minimum atomic E-state index is -2.93. The molecule has 3 heterocycles. The molecule has 0 saturated carbocycles. The van der Waals surface area contributed by atoms with Gasteiger partial charge in [0.1, 0.15) is 0 Å². The largest absolute Gasteiger partial charge is 0.366 e. The maximum atomic E-state index is 11.8. The van der Waals surface area contributed by atoms with Crippen LogP contribution in [0, 0.1) is 0 Å². The molecular weight excluding hydrogens is 322 g/mol. The van der Waals surface area contributed by atoms with Crippen molar-refractivity contribution in [2.45, 2.75) is 38.3 Å². The fourth-order valence-corrected chi connectivity index (χ4v) is 6.12. The highest BCUT2D eigenvalue weighted by atomic mass is 32.2. The number of para-hydroxylation sites is 1. The van der Waals surface area contributed by atoms with Gasteiger partial charge in [-0.3, -0.25) is 4.68 Å². The first-order valence-electron chi connectivity index (χ1n) is 8.45. The molecule has 1 aromatic heterocycles. The Kier molecular flexibility index (Phi) is 3.49. The lowest BCUT2D eigenvalue weighted by Gasteiger charge is -2.23. The molecule has 2 aromatic rings. The van der Waals surface area contributed by atoms with Gasteiger partial charge >= 0.3 is 0 Å². The molecule has 0 unspecified atom stereocenters. The molecule has 6 heteroatoms. The number of fused-ring (bicyclic) bond motifs is 1. The molecule has 1 aromatic carbocycles. The summed E-state index contributed by atoms with van der Waals surface area (Å²) in [6.07, 6.45) is 4.54. The third-order valence-electron chi connectivity index (χ3n) is 5.35. The summed E-state index contributed by atoms with van der Waals surface area (Å²) in [5.74, 6) is 0.981. The van der Waals surface area contributed by atoms with E-state index in [4.69, 9.17) is 0 Å². The van der Waals surface area contributed by atoms with E-state index in [1.54, 1.807) is 0 Å². The highest BCUT2D eigenvalue weighted by Gasteiger charge is 2.40. The maximum absolute atomic E-state index is 11.8. The van der Waals surface area contributed by atoms with E-state index >= 15 is 0 Å². The fourth-order valence-electron chi connectivity index (χ4n) is 4.00. The van der Waals surface area contributed by atoms with Gasteiger partial charge in [-0.25, -0.2) is 8.42 Å². The van der Waals surface area contributed by atoms with Crippen LogP contribution in [0.25, 0.3) is 0 Å². The number of sulfone groups is 1. The SMILES string of the molecule is C[C@H]1CN(Cc2cnn([C@]3(C)CCS(=O)(=O)C3)c2)c2ccccc21. The quantitative estimate of drug-likeness (QED) is 0.858. The zero-order chi connectivity index (χ0) is 16.9. The van der Waals surface area contributed by atoms with Gasteiger partial charge in [-0.15, -0.1) is 0 Å². The van der Waals surface area contributed by atoms with Crippen LogP contribution in [0.15, 0.2) is 36.7 Å². The molecule has 0 N–H and O–H groups in total. The van der Waals surface area contributed by atoms with Crippen molar-refractivity contribution in [3.63, 3.8) is 0 Å². The molecule has 0 bridgehead atoms. The molecule has 2 aliphatic heterocycles. The molecule has 1 saturated heterocycles. The predicted molar refractivity (Wildman–Crippen MR) is 95.1 cm³/mol. The molecule has 2 atom stereocenters. The van der Waals surface area contributed by atoms with E-state index in [0.717, 1.165) is 18.7 Å². The summed E-state index contributed by atoms with van der Waals surface area (Å²) in [5, 5.41) is 4.48. The summed E-state index contributed by atoms with van der Waals surface area (Å²) in [7, 11) is -2.93. The van der Waals surface area contributed by atoms with Crippen molar-refractivity contribution >= 4 is 15.5 Å². The van der Waals surface area contributed by atoms with Crippen LogP contribution in [-0.2, 0) is 21.9 Å². The van der Waals surface area contributed by atoms with Crippen LogP contribution in [0.3, 0.4) is 0 Å². The molecule has 0 aliphatic carbocycles. The first-order valence-corrected chi connectivity index (χ1v) is 10.3. The molecule has 128 valence electrons. The molecule has 4 rings (SSSR count). The van der Waals surface area contributed by atoms with Gasteiger partial charge < -0.3 is 4.90 Å². The molecule has 0 spiro atoms. The Morgan fingerprint density at radius 2 is 2.12 bits per heavy atom. The second kappa shape index (κ2) is 5.34. The third-order valence-corrected chi connectivity index (χ3v) is 7.24. The average Bonchev–Trinajstić information content (AvgIpc) is 3.19. The number of benzene rings is 1. The van der Waals surface area contributed by atoms with E-state index in [2.05, 4.69) is 41.2 Å². The summed E-state index contributed by atoms with van der Waals surface area (Å²) in [5.41, 5.74) is 3.42. The van der Waals surface area contributed by atoms with Crippen LogP contribution in [0.5, 0.6) is 0 Å². The number of hydrogen-bond donors (Lipinski definition) is 0. The van der Waals surface area contributed by atoms with Crippen molar-refractivity contribution in [1.82, 2.24) is 9.78 Å². The van der Waals surface area contributed by atoms with Crippen molar-refractivity contribution in [3.8, 4) is 0 Å². The molecule has 1 fully saturated rings. The van der Waals surface area contributed by atoms with E-state index in [1.165, 1.54) is 11.3 Å². The van der Waals surface area contributed by atoms with Gasteiger partial charge in [0.2, 0.25) is 0 Å². The van der Waals surface area contributed by atoms with Gasteiger partial charge in [-0.1, -0.05) is 25.1 Å². The van der Waals surface area contributed by atoms with E-state index in [9.17, 15) is 8.42 Å². The van der Waals surface area contributed by atoms with E-state index in [0.29, 0.717) is 12.3 Å². The number of rotatable bonds is 3. The average molecular weight is 345 g/mol. The third kappa shape index (κ3) is 2.62. The van der Waals surface area contributed by atoms with Crippen LogP contribution in [0.4, 0.5) is 5.69 Å². The Balaban J connectivity index is 1.55. The second-order valence-corrected chi connectivity index (χ2v) is 9.66. The van der Waals surface area contributed by atoms with E-state index in [1.807, 2.05) is 24.0 Å². The van der Waals surface area contributed by atoms with Gasteiger partial charge in [0.15, 0.2) is 9.84 Å². The summed E-state index contributed by atoms with van der Waals surface area (Å²) in [6.45, 7) is 6.06. The standard InChI is InChI=1S/C18H23N3O2S/c1-14-10-20(17-6-4-3-5-16(14)17)11-15-9-19-21(12-15)18(2)7-8-24(22,23)13-18/h3-6,9,12,14H,7-8,10-11,13H2,1-2H3/t14-,18+/m0/s1. The lowest BCUT2D eigenvalue weighted by Crippen LogP contribution is -2.31. The monoisotopic (exact) mass is 345 g/mol. The lowest BCUT2D eigenvalue weighted by atomic mass is 10.0. The minimum absolute atomic E-state index is 0.185. The highest BCUT2D eigenvalue weighted by molar-refractivity contribution is 7.91. The van der Waals surface area contributed by atoms with Crippen molar-refractivity contribution < 1.29 is 8.42 Å². The van der Waals surface area contributed by atoms with E-state index in [-0.39, 0.29) is 11.5 Å². The second-order valence-electron chi connectivity index (χ2n) is 7.47. The van der Waals surface area contributed by atoms with Crippen LogP contribution in [0.2, 0.25) is 0 Å². The zero-order valence-corrected chi connectivity index (χ0v) is 15.0. The van der Waals surface area contributed by atoms with Crippen molar-refractivity contribution in [2.24, 2.45) is 0 Å². The molecular formula is C18H23N3O2S.